The average Bonchev–Trinajstić information content (AvgIpc) is 2.96. The van der Waals surface area contributed by atoms with Crippen molar-refractivity contribution in [3.05, 3.63) is 78.1 Å². The zero-order valence-electron chi connectivity index (χ0n) is 14.5. The first kappa shape index (κ1) is 17.0. The summed E-state index contributed by atoms with van der Waals surface area (Å²) in [6.07, 6.45) is 1.66. The Morgan fingerprint density at radius 3 is 2.60 bits per heavy atom. The van der Waals surface area contributed by atoms with E-state index < -0.39 is 0 Å². The van der Waals surface area contributed by atoms with Crippen LogP contribution in [0.3, 0.4) is 0 Å². The lowest BCUT2D eigenvalue weighted by Crippen LogP contribution is -2.24. The van der Waals surface area contributed by atoms with E-state index in [-0.39, 0.29) is 5.91 Å². The van der Waals surface area contributed by atoms with Crippen molar-refractivity contribution in [3.63, 3.8) is 0 Å². The highest BCUT2D eigenvalue weighted by molar-refractivity contribution is 5.94. The number of nitrogens with zero attached hydrogens (tertiary/aromatic N) is 2. The summed E-state index contributed by atoms with van der Waals surface area (Å²) in [4.78, 5) is 16.8. The van der Waals surface area contributed by atoms with Crippen LogP contribution in [0.1, 0.15) is 29.5 Å². The zero-order chi connectivity index (χ0) is 17.6. The third-order valence-corrected chi connectivity index (χ3v) is 4.06. The van der Waals surface area contributed by atoms with Crippen molar-refractivity contribution in [2.24, 2.45) is 0 Å². The fourth-order valence-electron chi connectivity index (χ4n) is 2.90. The van der Waals surface area contributed by atoms with Gasteiger partial charge in [-0.2, -0.15) is 0 Å². The van der Waals surface area contributed by atoms with Gasteiger partial charge in [0, 0.05) is 25.1 Å². The summed E-state index contributed by atoms with van der Waals surface area (Å²) < 4.78 is 2.22. The molecule has 4 heteroatoms. The highest BCUT2D eigenvalue weighted by Gasteiger charge is 2.10. The SMILES string of the molecule is C=C(C)Cn1c(CCCNC(=O)c2ccccc2)nc2ccccc21. The first-order valence-electron chi connectivity index (χ1n) is 8.57. The molecule has 0 saturated carbocycles. The number of allylic oxidation sites excluding steroid dienone is 1. The third kappa shape index (κ3) is 4.15. The van der Waals surface area contributed by atoms with Crippen molar-refractivity contribution in [1.29, 1.82) is 0 Å². The van der Waals surface area contributed by atoms with E-state index in [1.807, 2.05) is 55.5 Å². The fraction of sp³-hybridized carbons (Fsp3) is 0.238. The molecule has 3 rings (SSSR count). The summed E-state index contributed by atoms with van der Waals surface area (Å²) in [7, 11) is 0. The van der Waals surface area contributed by atoms with E-state index in [4.69, 9.17) is 4.98 Å². The first-order valence-corrected chi connectivity index (χ1v) is 8.57. The number of para-hydroxylation sites is 2. The molecule has 0 saturated heterocycles. The minimum Gasteiger partial charge on any atom is -0.352 e. The number of carbonyl (C=O) groups is 1. The number of aryl methyl sites for hydroxylation is 1. The van der Waals surface area contributed by atoms with Crippen LogP contribution in [0.2, 0.25) is 0 Å². The lowest BCUT2D eigenvalue weighted by molar-refractivity contribution is 0.0953. The normalized spacial score (nSPS) is 10.8. The minimum atomic E-state index is -0.0314. The number of aromatic nitrogens is 2. The molecule has 1 amide bonds. The van der Waals surface area contributed by atoms with Gasteiger partial charge in [-0.3, -0.25) is 4.79 Å². The van der Waals surface area contributed by atoms with Gasteiger partial charge < -0.3 is 9.88 Å². The minimum absolute atomic E-state index is 0.0314. The second-order valence-corrected chi connectivity index (χ2v) is 6.29. The lowest BCUT2D eigenvalue weighted by Gasteiger charge is -2.09. The van der Waals surface area contributed by atoms with Crippen molar-refractivity contribution in [1.82, 2.24) is 14.9 Å². The van der Waals surface area contributed by atoms with Gasteiger partial charge in [0.15, 0.2) is 0 Å². The molecule has 0 radical (unpaired) electrons. The van der Waals surface area contributed by atoms with Gasteiger partial charge in [-0.1, -0.05) is 42.5 Å². The van der Waals surface area contributed by atoms with E-state index in [0.29, 0.717) is 12.1 Å². The number of benzene rings is 2. The third-order valence-electron chi connectivity index (χ3n) is 4.06. The van der Waals surface area contributed by atoms with Crippen molar-refractivity contribution in [2.45, 2.75) is 26.3 Å². The Kier molecular flexibility index (Phi) is 5.29. The van der Waals surface area contributed by atoms with Gasteiger partial charge in [0.2, 0.25) is 0 Å². The van der Waals surface area contributed by atoms with E-state index in [9.17, 15) is 4.79 Å². The fourth-order valence-corrected chi connectivity index (χ4v) is 2.90. The van der Waals surface area contributed by atoms with Gasteiger partial charge in [-0.05, 0) is 37.6 Å². The molecule has 2 aromatic carbocycles. The largest absolute Gasteiger partial charge is 0.352 e. The van der Waals surface area contributed by atoms with Crippen LogP contribution in [-0.2, 0) is 13.0 Å². The number of amides is 1. The lowest BCUT2D eigenvalue weighted by atomic mass is 10.2. The molecule has 0 fully saturated rings. The molecule has 0 atom stereocenters. The van der Waals surface area contributed by atoms with E-state index in [2.05, 4.69) is 22.5 Å². The standard InChI is InChI=1S/C21H23N3O/c1-16(2)15-24-19-12-7-6-11-18(19)23-20(24)13-8-14-22-21(25)17-9-4-3-5-10-17/h3-7,9-12H,1,8,13-15H2,2H3,(H,22,25). The predicted molar refractivity (Wildman–Crippen MR) is 102 cm³/mol. The molecule has 1 N–H and O–H groups in total. The maximum atomic E-state index is 12.1. The Morgan fingerprint density at radius 2 is 1.84 bits per heavy atom. The number of fused-ring (bicyclic) bond motifs is 1. The van der Waals surface area contributed by atoms with Crippen molar-refractivity contribution in [2.75, 3.05) is 6.54 Å². The van der Waals surface area contributed by atoms with E-state index in [0.717, 1.165) is 41.8 Å². The first-order chi connectivity index (χ1) is 12.1. The summed E-state index contributed by atoms with van der Waals surface area (Å²) in [5.74, 6) is 1.01. The molecule has 0 bridgehead atoms. The Labute approximate surface area is 148 Å². The molecule has 25 heavy (non-hydrogen) atoms. The number of hydrogen-bond acceptors (Lipinski definition) is 2. The summed E-state index contributed by atoms with van der Waals surface area (Å²) in [6, 6.07) is 17.4. The van der Waals surface area contributed by atoms with Gasteiger partial charge in [0.1, 0.15) is 5.82 Å². The maximum Gasteiger partial charge on any atom is 0.251 e. The van der Waals surface area contributed by atoms with Crippen LogP contribution in [0.4, 0.5) is 0 Å². The topological polar surface area (TPSA) is 46.9 Å². The van der Waals surface area contributed by atoms with E-state index in [1.54, 1.807) is 0 Å². The zero-order valence-corrected chi connectivity index (χ0v) is 14.5. The molecule has 1 heterocycles. The van der Waals surface area contributed by atoms with Gasteiger partial charge in [0.25, 0.3) is 5.91 Å². The molecule has 3 aromatic rings. The van der Waals surface area contributed by atoms with Crippen LogP contribution < -0.4 is 5.32 Å². The molecule has 0 aliphatic carbocycles. The monoisotopic (exact) mass is 333 g/mol. The number of imidazole rings is 1. The smallest absolute Gasteiger partial charge is 0.251 e. The van der Waals surface area contributed by atoms with Crippen LogP contribution in [-0.4, -0.2) is 22.0 Å². The van der Waals surface area contributed by atoms with Crippen LogP contribution >= 0.6 is 0 Å². The summed E-state index contributed by atoms with van der Waals surface area (Å²) >= 11 is 0. The highest BCUT2D eigenvalue weighted by Crippen LogP contribution is 2.18. The molecule has 4 nitrogen and oxygen atoms in total. The van der Waals surface area contributed by atoms with Crippen molar-refractivity contribution >= 4 is 16.9 Å². The Hall–Kier alpha value is -2.88. The van der Waals surface area contributed by atoms with Gasteiger partial charge in [-0.15, -0.1) is 0 Å². The molecular weight excluding hydrogens is 310 g/mol. The number of carbonyl (C=O) groups excluding carboxylic acids is 1. The van der Waals surface area contributed by atoms with Crippen LogP contribution in [0.5, 0.6) is 0 Å². The quantitative estimate of drug-likeness (QED) is 0.525. The average molecular weight is 333 g/mol. The van der Waals surface area contributed by atoms with E-state index in [1.165, 1.54) is 0 Å². The van der Waals surface area contributed by atoms with Crippen molar-refractivity contribution in [3.8, 4) is 0 Å². The highest BCUT2D eigenvalue weighted by atomic mass is 16.1. The van der Waals surface area contributed by atoms with Crippen LogP contribution in [0.25, 0.3) is 11.0 Å². The molecule has 1 aromatic heterocycles. The summed E-state index contributed by atoms with van der Waals surface area (Å²) in [5.41, 5.74) is 3.93. The Bertz CT molecular complexity index is 881. The van der Waals surface area contributed by atoms with Gasteiger partial charge in [-0.25, -0.2) is 4.98 Å². The van der Waals surface area contributed by atoms with Crippen LogP contribution in [0, 0.1) is 0 Å². The van der Waals surface area contributed by atoms with Gasteiger partial charge >= 0.3 is 0 Å². The van der Waals surface area contributed by atoms with Crippen LogP contribution in [0.15, 0.2) is 66.7 Å². The summed E-state index contributed by atoms with van der Waals surface area (Å²) in [5, 5.41) is 2.97. The second kappa shape index (κ2) is 7.79. The molecule has 128 valence electrons. The number of nitrogens with one attached hydrogen (secondary N) is 1. The summed E-state index contributed by atoms with van der Waals surface area (Å²) in [6.45, 7) is 7.45. The maximum absolute atomic E-state index is 12.1. The second-order valence-electron chi connectivity index (χ2n) is 6.29. The molecule has 0 unspecified atom stereocenters. The molecule has 0 aliphatic rings. The Balaban J connectivity index is 1.63. The van der Waals surface area contributed by atoms with Gasteiger partial charge in [0.05, 0.1) is 11.0 Å². The number of hydrogen-bond donors (Lipinski definition) is 1. The van der Waals surface area contributed by atoms with E-state index >= 15 is 0 Å². The van der Waals surface area contributed by atoms with Crippen molar-refractivity contribution < 1.29 is 4.79 Å². The number of rotatable bonds is 7. The Morgan fingerprint density at radius 1 is 1.12 bits per heavy atom. The molecular formula is C21H23N3O. The molecule has 0 aliphatic heterocycles. The molecule has 0 spiro atoms. The predicted octanol–water partition coefficient (Wildman–Crippen LogP) is 3.98.